The summed E-state index contributed by atoms with van der Waals surface area (Å²) in [6.07, 6.45) is 10.9. The molecule has 0 saturated carbocycles. The first-order valence-corrected chi connectivity index (χ1v) is 11.7. The van der Waals surface area contributed by atoms with Crippen molar-refractivity contribution in [2.45, 2.75) is 25.4 Å². The minimum absolute atomic E-state index is 0.147. The number of likely N-dealkylation sites (tertiary alicyclic amines) is 1. The van der Waals surface area contributed by atoms with Gasteiger partial charge in [0.05, 0.1) is 16.8 Å². The lowest BCUT2D eigenvalue weighted by Gasteiger charge is -2.29. The molecule has 6 rings (SSSR count). The third-order valence-corrected chi connectivity index (χ3v) is 6.75. The van der Waals surface area contributed by atoms with E-state index in [1.807, 2.05) is 30.4 Å². The topological polar surface area (TPSA) is 71.0 Å². The lowest BCUT2D eigenvalue weighted by atomic mass is 9.81. The van der Waals surface area contributed by atoms with Gasteiger partial charge in [-0.2, -0.15) is 0 Å². The zero-order chi connectivity index (χ0) is 22.4. The normalized spacial score (nSPS) is 20.5. The second-order valence-electron chi connectivity index (χ2n) is 8.87. The number of allylic oxidation sites excluding steroid dienone is 2. The number of nitrogens with one attached hydrogen (secondary N) is 1. The molecule has 1 atom stereocenters. The van der Waals surface area contributed by atoms with Crippen molar-refractivity contribution in [2.24, 2.45) is 4.99 Å². The molecular weight excluding hydrogens is 414 g/mol. The largest absolute Gasteiger partial charge is 0.478 e. The van der Waals surface area contributed by atoms with E-state index in [1.165, 1.54) is 12.8 Å². The number of benzene rings is 2. The van der Waals surface area contributed by atoms with Crippen molar-refractivity contribution >= 4 is 28.7 Å². The standard InChI is InChI=1S/C27H25N3O3/c31-26-17-8-1-2-9-18(17)27(32)24-23(26)20(28-12-7-15-30-13-5-6-14-30)16-22-25(24)29-19-10-3-4-11-21(19)33-22/h1-4,8-11,16,21,28H,5-7,12-15H2. The fraction of sp³-hybridized carbons (Fsp3) is 0.296. The number of carbonyl (C=O) groups excluding carboxylic acids is 2. The van der Waals surface area contributed by atoms with Gasteiger partial charge in [0.1, 0.15) is 11.4 Å². The third-order valence-electron chi connectivity index (χ3n) is 6.75. The predicted octanol–water partition coefficient (Wildman–Crippen LogP) is 4.32. The summed E-state index contributed by atoms with van der Waals surface area (Å²) in [5, 5.41) is 3.44. The number of carbonyl (C=O) groups is 2. The van der Waals surface area contributed by atoms with Crippen molar-refractivity contribution in [2.75, 3.05) is 31.5 Å². The van der Waals surface area contributed by atoms with Crippen LogP contribution in [-0.2, 0) is 0 Å². The molecule has 0 spiro atoms. The highest BCUT2D eigenvalue weighted by atomic mass is 16.5. The van der Waals surface area contributed by atoms with Crippen LogP contribution < -0.4 is 10.1 Å². The summed E-state index contributed by atoms with van der Waals surface area (Å²) in [5.41, 5.74) is 3.44. The van der Waals surface area contributed by atoms with Crippen LogP contribution >= 0.6 is 0 Å². The molecule has 0 radical (unpaired) electrons. The number of anilines is 1. The van der Waals surface area contributed by atoms with Gasteiger partial charge >= 0.3 is 0 Å². The fourth-order valence-corrected chi connectivity index (χ4v) is 5.10. The molecule has 0 amide bonds. The van der Waals surface area contributed by atoms with Gasteiger partial charge in [0.15, 0.2) is 17.7 Å². The summed E-state index contributed by atoms with van der Waals surface area (Å²) in [5.74, 6) is 0.204. The number of rotatable bonds is 5. The Bertz CT molecular complexity index is 1250. The van der Waals surface area contributed by atoms with Crippen LogP contribution in [0.25, 0.3) is 0 Å². The van der Waals surface area contributed by atoms with Gasteiger partial charge in [0.25, 0.3) is 0 Å². The second-order valence-corrected chi connectivity index (χ2v) is 8.87. The van der Waals surface area contributed by atoms with Gasteiger partial charge in [-0.25, -0.2) is 4.99 Å². The van der Waals surface area contributed by atoms with E-state index in [9.17, 15) is 9.59 Å². The summed E-state index contributed by atoms with van der Waals surface area (Å²) in [7, 11) is 0. The molecule has 6 nitrogen and oxygen atoms in total. The monoisotopic (exact) mass is 439 g/mol. The van der Waals surface area contributed by atoms with Crippen molar-refractivity contribution < 1.29 is 14.3 Å². The minimum atomic E-state index is -0.287. The third kappa shape index (κ3) is 3.42. The van der Waals surface area contributed by atoms with Gasteiger partial charge in [-0.1, -0.05) is 36.4 Å². The van der Waals surface area contributed by atoms with Gasteiger partial charge in [0.2, 0.25) is 0 Å². The molecule has 0 aromatic heterocycles. The molecule has 2 aromatic rings. The SMILES string of the molecule is O=C1c2ccccc2C(=O)c2c3c(cc(NCCCN4CCCC4)c21)OC1C=CC=CC1=N3. The van der Waals surface area contributed by atoms with Crippen LogP contribution in [0.2, 0.25) is 0 Å². The fourth-order valence-electron chi connectivity index (χ4n) is 5.10. The molecule has 1 fully saturated rings. The van der Waals surface area contributed by atoms with Gasteiger partial charge in [-0.3, -0.25) is 9.59 Å². The number of hydrogen-bond donors (Lipinski definition) is 1. The highest BCUT2D eigenvalue weighted by Gasteiger charge is 2.37. The Morgan fingerprint density at radius 2 is 1.79 bits per heavy atom. The molecule has 1 unspecified atom stereocenters. The smallest absolute Gasteiger partial charge is 0.196 e. The Labute approximate surface area is 192 Å². The van der Waals surface area contributed by atoms with E-state index in [4.69, 9.17) is 9.73 Å². The second kappa shape index (κ2) is 8.12. The van der Waals surface area contributed by atoms with E-state index in [1.54, 1.807) is 24.3 Å². The Morgan fingerprint density at radius 1 is 1.03 bits per heavy atom. The maximum atomic E-state index is 13.6. The summed E-state index contributed by atoms with van der Waals surface area (Å²) in [4.78, 5) is 34.4. The van der Waals surface area contributed by atoms with Crippen LogP contribution in [0.4, 0.5) is 11.4 Å². The van der Waals surface area contributed by atoms with Gasteiger partial charge in [-0.05, 0) is 51.0 Å². The van der Waals surface area contributed by atoms with Crippen molar-refractivity contribution in [3.63, 3.8) is 0 Å². The molecule has 166 valence electrons. The number of fused-ring (bicyclic) bond motifs is 5. The maximum absolute atomic E-state index is 13.6. The number of nitrogens with zero attached hydrogens (tertiary/aromatic N) is 2. The van der Waals surface area contributed by atoms with Crippen LogP contribution in [-0.4, -0.2) is 54.5 Å². The highest BCUT2D eigenvalue weighted by Crippen LogP contribution is 2.46. The Balaban J connectivity index is 1.41. The molecule has 2 aliphatic heterocycles. The lowest BCUT2D eigenvalue weighted by molar-refractivity contribution is 0.0979. The van der Waals surface area contributed by atoms with E-state index in [0.717, 1.165) is 31.8 Å². The minimum Gasteiger partial charge on any atom is -0.478 e. The molecule has 2 aliphatic carbocycles. The van der Waals surface area contributed by atoms with Crippen LogP contribution in [0, 0.1) is 0 Å². The molecule has 2 aromatic carbocycles. The van der Waals surface area contributed by atoms with Crippen LogP contribution in [0.1, 0.15) is 51.1 Å². The Hall–Kier alpha value is -3.51. The van der Waals surface area contributed by atoms with E-state index < -0.39 is 0 Å². The Morgan fingerprint density at radius 3 is 2.58 bits per heavy atom. The number of ketones is 2. The first kappa shape index (κ1) is 20.1. The molecule has 1 N–H and O–H groups in total. The van der Waals surface area contributed by atoms with Gasteiger partial charge < -0.3 is 15.0 Å². The summed E-state index contributed by atoms with van der Waals surface area (Å²) in [6, 6.07) is 8.86. The Kier molecular flexibility index (Phi) is 4.95. The van der Waals surface area contributed by atoms with Crippen molar-refractivity contribution in [3.8, 4) is 5.75 Å². The van der Waals surface area contributed by atoms with E-state index in [-0.39, 0.29) is 17.7 Å². The van der Waals surface area contributed by atoms with Gasteiger partial charge in [-0.15, -0.1) is 0 Å². The van der Waals surface area contributed by atoms with Crippen molar-refractivity contribution in [1.82, 2.24) is 4.90 Å². The van der Waals surface area contributed by atoms with E-state index in [2.05, 4.69) is 10.2 Å². The quantitative estimate of drug-likeness (QED) is 0.600. The first-order valence-electron chi connectivity index (χ1n) is 11.7. The molecule has 6 heteroatoms. The van der Waals surface area contributed by atoms with E-state index >= 15 is 0 Å². The number of ether oxygens (including phenoxy) is 1. The summed E-state index contributed by atoms with van der Waals surface area (Å²) < 4.78 is 6.22. The average molecular weight is 440 g/mol. The van der Waals surface area contributed by atoms with Crippen LogP contribution in [0.15, 0.2) is 59.6 Å². The average Bonchev–Trinajstić information content (AvgIpc) is 3.37. The number of hydrogen-bond acceptors (Lipinski definition) is 6. The molecule has 0 bridgehead atoms. The zero-order valence-corrected chi connectivity index (χ0v) is 18.3. The van der Waals surface area contributed by atoms with Crippen molar-refractivity contribution in [1.29, 1.82) is 0 Å². The molecule has 4 aliphatic rings. The summed E-state index contributed by atoms with van der Waals surface area (Å²) >= 11 is 0. The summed E-state index contributed by atoms with van der Waals surface area (Å²) in [6.45, 7) is 4.07. The molecule has 33 heavy (non-hydrogen) atoms. The number of aliphatic imine (C=N–C) groups is 1. The zero-order valence-electron chi connectivity index (χ0n) is 18.3. The molecule has 2 heterocycles. The maximum Gasteiger partial charge on any atom is 0.196 e. The van der Waals surface area contributed by atoms with Gasteiger partial charge in [0, 0.05) is 29.4 Å². The lowest BCUT2D eigenvalue weighted by Crippen LogP contribution is -2.30. The predicted molar refractivity (Wildman–Crippen MR) is 128 cm³/mol. The molecule has 1 saturated heterocycles. The van der Waals surface area contributed by atoms with Crippen LogP contribution in [0.3, 0.4) is 0 Å². The van der Waals surface area contributed by atoms with Crippen molar-refractivity contribution in [3.05, 3.63) is 76.9 Å². The molecular formula is C27H25N3O3. The van der Waals surface area contributed by atoms with Crippen LogP contribution in [0.5, 0.6) is 5.75 Å². The van der Waals surface area contributed by atoms with E-state index in [0.29, 0.717) is 45.9 Å². The first-order chi connectivity index (χ1) is 16.2. The highest BCUT2D eigenvalue weighted by molar-refractivity contribution is 6.32.